The van der Waals surface area contributed by atoms with Gasteiger partial charge in [0.15, 0.2) is 5.76 Å². The van der Waals surface area contributed by atoms with Gasteiger partial charge in [0.25, 0.3) is 11.6 Å². The second-order valence-corrected chi connectivity index (χ2v) is 7.70. The van der Waals surface area contributed by atoms with E-state index in [4.69, 9.17) is 8.94 Å². The minimum atomic E-state index is -0.222. The van der Waals surface area contributed by atoms with E-state index in [-0.39, 0.29) is 5.91 Å². The SMILES string of the molecule is Cc1noc2nc(-c3ccco3)cc(C(=O)NCc3cccnc3N3CCCCC3)c12. The van der Waals surface area contributed by atoms with Crippen LogP contribution in [0.2, 0.25) is 0 Å². The number of nitrogens with zero attached hydrogens (tertiary/aromatic N) is 4. The molecular weight excluding hydrogens is 394 g/mol. The summed E-state index contributed by atoms with van der Waals surface area (Å²) in [5, 5.41) is 7.64. The first-order valence-corrected chi connectivity index (χ1v) is 10.5. The van der Waals surface area contributed by atoms with Gasteiger partial charge >= 0.3 is 0 Å². The number of hydrogen-bond acceptors (Lipinski definition) is 7. The van der Waals surface area contributed by atoms with Gasteiger partial charge in [0.05, 0.1) is 22.9 Å². The van der Waals surface area contributed by atoms with Crippen molar-refractivity contribution in [1.82, 2.24) is 20.4 Å². The predicted octanol–water partition coefficient (Wildman–Crippen LogP) is 4.11. The van der Waals surface area contributed by atoms with E-state index < -0.39 is 0 Å². The van der Waals surface area contributed by atoms with Crippen molar-refractivity contribution in [2.24, 2.45) is 0 Å². The van der Waals surface area contributed by atoms with Gasteiger partial charge in [-0.15, -0.1) is 0 Å². The molecule has 0 aliphatic carbocycles. The molecule has 31 heavy (non-hydrogen) atoms. The van der Waals surface area contributed by atoms with E-state index >= 15 is 0 Å². The van der Waals surface area contributed by atoms with E-state index in [1.807, 2.05) is 12.1 Å². The molecule has 0 unspecified atom stereocenters. The normalized spacial score (nSPS) is 14.2. The van der Waals surface area contributed by atoms with E-state index in [0.29, 0.717) is 40.4 Å². The molecule has 0 radical (unpaired) electrons. The van der Waals surface area contributed by atoms with Crippen molar-refractivity contribution < 1.29 is 13.7 Å². The number of pyridine rings is 2. The summed E-state index contributed by atoms with van der Waals surface area (Å²) in [5.41, 5.74) is 2.91. The number of anilines is 1. The summed E-state index contributed by atoms with van der Waals surface area (Å²) in [6, 6.07) is 9.20. The molecule has 1 saturated heterocycles. The third kappa shape index (κ3) is 3.76. The molecule has 0 atom stereocenters. The van der Waals surface area contributed by atoms with Crippen LogP contribution in [0.5, 0.6) is 0 Å². The van der Waals surface area contributed by atoms with Crippen LogP contribution in [-0.4, -0.2) is 34.1 Å². The number of aryl methyl sites for hydroxylation is 1. The maximum absolute atomic E-state index is 13.2. The number of carbonyl (C=O) groups excluding carboxylic acids is 1. The van der Waals surface area contributed by atoms with Crippen LogP contribution < -0.4 is 10.2 Å². The van der Waals surface area contributed by atoms with Crippen molar-refractivity contribution in [2.45, 2.75) is 32.7 Å². The van der Waals surface area contributed by atoms with Crippen LogP contribution in [0, 0.1) is 6.92 Å². The molecule has 0 saturated carbocycles. The van der Waals surface area contributed by atoms with Gasteiger partial charge in [-0.1, -0.05) is 11.2 Å². The van der Waals surface area contributed by atoms with Gasteiger partial charge < -0.3 is 19.2 Å². The van der Waals surface area contributed by atoms with E-state index in [1.165, 1.54) is 19.3 Å². The summed E-state index contributed by atoms with van der Waals surface area (Å²) in [6.07, 6.45) is 6.96. The largest absolute Gasteiger partial charge is 0.463 e. The lowest BCUT2D eigenvalue weighted by Crippen LogP contribution is -2.32. The van der Waals surface area contributed by atoms with Crippen molar-refractivity contribution in [3.63, 3.8) is 0 Å². The highest BCUT2D eigenvalue weighted by Crippen LogP contribution is 2.27. The van der Waals surface area contributed by atoms with Crippen molar-refractivity contribution >= 4 is 22.8 Å². The summed E-state index contributed by atoms with van der Waals surface area (Å²) in [5.74, 6) is 1.28. The lowest BCUT2D eigenvalue weighted by molar-refractivity contribution is 0.0952. The molecule has 1 aliphatic rings. The van der Waals surface area contributed by atoms with Crippen molar-refractivity contribution in [2.75, 3.05) is 18.0 Å². The van der Waals surface area contributed by atoms with Crippen LogP contribution in [0.25, 0.3) is 22.6 Å². The predicted molar refractivity (Wildman–Crippen MR) is 116 cm³/mol. The molecular formula is C23H23N5O3. The maximum Gasteiger partial charge on any atom is 0.259 e. The molecule has 5 heterocycles. The van der Waals surface area contributed by atoms with Gasteiger partial charge in [-0.3, -0.25) is 4.79 Å². The number of amides is 1. The summed E-state index contributed by atoms with van der Waals surface area (Å²) in [6.45, 7) is 4.17. The maximum atomic E-state index is 13.2. The van der Waals surface area contributed by atoms with Crippen molar-refractivity contribution in [1.29, 1.82) is 0 Å². The molecule has 4 aromatic heterocycles. The molecule has 4 aromatic rings. The third-order valence-corrected chi connectivity index (χ3v) is 5.60. The summed E-state index contributed by atoms with van der Waals surface area (Å²) in [7, 11) is 0. The smallest absolute Gasteiger partial charge is 0.259 e. The molecule has 1 fully saturated rings. The fourth-order valence-electron chi connectivity index (χ4n) is 4.05. The lowest BCUT2D eigenvalue weighted by Gasteiger charge is -2.29. The number of furan rings is 1. The van der Waals surface area contributed by atoms with E-state index in [1.54, 1.807) is 37.6 Å². The Labute approximate surface area is 179 Å². The highest BCUT2D eigenvalue weighted by Gasteiger charge is 2.21. The van der Waals surface area contributed by atoms with Gasteiger partial charge in [0, 0.05) is 31.4 Å². The summed E-state index contributed by atoms with van der Waals surface area (Å²) >= 11 is 0. The number of rotatable bonds is 5. The van der Waals surface area contributed by atoms with Crippen LogP contribution in [0.1, 0.15) is 40.9 Å². The summed E-state index contributed by atoms with van der Waals surface area (Å²) < 4.78 is 10.8. The van der Waals surface area contributed by atoms with Crippen molar-refractivity contribution in [3.8, 4) is 11.5 Å². The Morgan fingerprint density at radius 1 is 1.19 bits per heavy atom. The second-order valence-electron chi connectivity index (χ2n) is 7.70. The zero-order chi connectivity index (χ0) is 21.2. The van der Waals surface area contributed by atoms with Crippen molar-refractivity contribution in [3.05, 3.63) is 59.6 Å². The van der Waals surface area contributed by atoms with E-state index in [0.717, 1.165) is 24.5 Å². The zero-order valence-electron chi connectivity index (χ0n) is 17.3. The van der Waals surface area contributed by atoms with Crippen LogP contribution in [-0.2, 0) is 6.54 Å². The highest BCUT2D eigenvalue weighted by molar-refractivity contribution is 6.06. The Hall–Kier alpha value is -3.68. The molecule has 0 spiro atoms. The Bertz CT molecular complexity index is 1210. The quantitative estimate of drug-likeness (QED) is 0.522. The Morgan fingerprint density at radius 2 is 2.06 bits per heavy atom. The number of hydrogen-bond donors (Lipinski definition) is 1. The highest BCUT2D eigenvalue weighted by atomic mass is 16.5. The topological polar surface area (TPSA) is 97.3 Å². The summed E-state index contributed by atoms with van der Waals surface area (Å²) in [4.78, 5) is 24.6. The van der Waals surface area contributed by atoms with Crippen LogP contribution in [0.3, 0.4) is 0 Å². The number of piperidine rings is 1. The van der Waals surface area contributed by atoms with Gasteiger partial charge in [-0.2, -0.15) is 0 Å². The number of aromatic nitrogens is 3. The monoisotopic (exact) mass is 417 g/mol. The fourth-order valence-corrected chi connectivity index (χ4v) is 4.05. The standard InChI is InChI=1S/C23H23N5O3/c1-15-20-17(13-18(19-8-6-12-30-19)26-23(20)31-27-15)22(29)25-14-16-7-5-9-24-21(16)28-10-3-2-4-11-28/h5-9,12-13H,2-4,10-11,14H2,1H3,(H,25,29). The first kappa shape index (κ1) is 19.3. The molecule has 1 amide bonds. The molecule has 8 nitrogen and oxygen atoms in total. The number of nitrogens with one attached hydrogen (secondary N) is 1. The average molecular weight is 417 g/mol. The average Bonchev–Trinajstić information content (AvgIpc) is 3.48. The lowest BCUT2D eigenvalue weighted by atomic mass is 10.1. The van der Waals surface area contributed by atoms with Gasteiger partial charge in [0.1, 0.15) is 11.5 Å². The van der Waals surface area contributed by atoms with Gasteiger partial charge in [-0.05, 0) is 50.5 Å². The minimum Gasteiger partial charge on any atom is -0.463 e. The molecule has 5 rings (SSSR count). The Morgan fingerprint density at radius 3 is 2.87 bits per heavy atom. The molecule has 8 heteroatoms. The van der Waals surface area contributed by atoms with Crippen LogP contribution >= 0.6 is 0 Å². The van der Waals surface area contributed by atoms with Gasteiger partial charge in [0.2, 0.25) is 0 Å². The van der Waals surface area contributed by atoms with Crippen LogP contribution in [0.15, 0.2) is 51.7 Å². The molecule has 0 aromatic carbocycles. The molecule has 158 valence electrons. The fraction of sp³-hybridized carbons (Fsp3) is 0.304. The number of fused-ring (bicyclic) bond motifs is 1. The first-order chi connectivity index (χ1) is 15.2. The second kappa shape index (κ2) is 8.22. The Balaban J connectivity index is 1.43. The Kier molecular flexibility index (Phi) is 5.11. The molecule has 0 bridgehead atoms. The number of carbonyl (C=O) groups is 1. The van der Waals surface area contributed by atoms with E-state index in [2.05, 4.69) is 25.3 Å². The van der Waals surface area contributed by atoms with Gasteiger partial charge in [-0.25, -0.2) is 9.97 Å². The van der Waals surface area contributed by atoms with Crippen LogP contribution in [0.4, 0.5) is 5.82 Å². The molecule has 1 aliphatic heterocycles. The van der Waals surface area contributed by atoms with E-state index in [9.17, 15) is 4.79 Å². The molecule has 1 N–H and O–H groups in total. The minimum absolute atomic E-state index is 0.222. The zero-order valence-corrected chi connectivity index (χ0v) is 17.3. The first-order valence-electron chi connectivity index (χ1n) is 10.5. The third-order valence-electron chi connectivity index (χ3n) is 5.60.